The third-order valence-electron chi connectivity index (χ3n) is 4.49. The van der Waals surface area contributed by atoms with Crippen LogP contribution in [-0.4, -0.2) is 20.5 Å². The minimum atomic E-state index is -0.278. The lowest BCUT2D eigenvalue weighted by Crippen LogP contribution is -2.13. The van der Waals surface area contributed by atoms with E-state index in [9.17, 15) is 4.39 Å². The number of rotatable bonds is 7. The number of aromatic nitrogens is 3. The van der Waals surface area contributed by atoms with Crippen molar-refractivity contribution >= 4 is 21.6 Å². The Morgan fingerprint density at radius 1 is 0.933 bits per heavy atom. The number of benzene rings is 3. The summed E-state index contributed by atoms with van der Waals surface area (Å²) < 4.78 is 15.8. The van der Waals surface area contributed by atoms with E-state index in [1.54, 1.807) is 23.1 Å². The molecular weight excluding hydrogens is 447 g/mol. The SMILES string of the molecule is Fc1ccc(CO/N=C(/Cn2cncn2)c2ccc(-c3ccc(Br)cc3)cc2)cc1. The van der Waals surface area contributed by atoms with Crippen LogP contribution in [0.2, 0.25) is 0 Å². The Morgan fingerprint density at radius 3 is 2.23 bits per heavy atom. The molecule has 0 saturated heterocycles. The lowest BCUT2D eigenvalue weighted by Gasteiger charge is -2.09. The van der Waals surface area contributed by atoms with Gasteiger partial charge in [0.05, 0.1) is 6.54 Å². The molecule has 30 heavy (non-hydrogen) atoms. The van der Waals surface area contributed by atoms with E-state index in [-0.39, 0.29) is 12.4 Å². The average molecular weight is 465 g/mol. The number of hydrogen-bond donors (Lipinski definition) is 0. The highest BCUT2D eigenvalue weighted by molar-refractivity contribution is 9.10. The van der Waals surface area contributed by atoms with Gasteiger partial charge in [0.15, 0.2) is 0 Å². The van der Waals surface area contributed by atoms with Gasteiger partial charge in [0.25, 0.3) is 0 Å². The Bertz CT molecular complexity index is 1110. The second-order valence-corrected chi connectivity index (χ2v) is 7.53. The number of nitrogens with zero attached hydrogens (tertiary/aromatic N) is 4. The first-order valence-electron chi connectivity index (χ1n) is 9.29. The summed E-state index contributed by atoms with van der Waals surface area (Å²) in [4.78, 5) is 9.53. The van der Waals surface area contributed by atoms with Gasteiger partial charge >= 0.3 is 0 Å². The predicted octanol–water partition coefficient (Wildman–Crippen LogP) is 5.47. The van der Waals surface area contributed by atoms with Crippen molar-refractivity contribution in [1.82, 2.24) is 14.8 Å². The Labute approximate surface area is 182 Å². The maximum absolute atomic E-state index is 13.1. The zero-order valence-corrected chi connectivity index (χ0v) is 17.5. The second kappa shape index (κ2) is 9.45. The second-order valence-electron chi connectivity index (χ2n) is 6.62. The molecule has 0 bridgehead atoms. The predicted molar refractivity (Wildman–Crippen MR) is 117 cm³/mol. The van der Waals surface area contributed by atoms with Gasteiger partial charge < -0.3 is 4.84 Å². The van der Waals surface area contributed by atoms with Crippen LogP contribution >= 0.6 is 15.9 Å². The molecule has 0 amide bonds. The van der Waals surface area contributed by atoms with Crippen LogP contribution in [-0.2, 0) is 18.0 Å². The van der Waals surface area contributed by atoms with Crippen LogP contribution in [0.3, 0.4) is 0 Å². The van der Waals surface area contributed by atoms with E-state index in [2.05, 4.69) is 55.4 Å². The van der Waals surface area contributed by atoms with E-state index in [0.717, 1.165) is 26.7 Å². The van der Waals surface area contributed by atoms with E-state index in [1.807, 2.05) is 24.3 Å². The molecule has 0 atom stereocenters. The van der Waals surface area contributed by atoms with Crippen molar-refractivity contribution < 1.29 is 9.23 Å². The molecule has 0 spiro atoms. The molecule has 0 aliphatic carbocycles. The molecule has 5 nitrogen and oxygen atoms in total. The van der Waals surface area contributed by atoms with Crippen molar-refractivity contribution in [3.05, 3.63) is 107 Å². The van der Waals surface area contributed by atoms with Crippen LogP contribution in [0, 0.1) is 5.82 Å². The van der Waals surface area contributed by atoms with Crippen LogP contribution in [0.25, 0.3) is 11.1 Å². The van der Waals surface area contributed by atoms with Crippen LogP contribution in [0.15, 0.2) is 95.1 Å². The lowest BCUT2D eigenvalue weighted by molar-refractivity contribution is 0.130. The fourth-order valence-electron chi connectivity index (χ4n) is 2.90. The third kappa shape index (κ3) is 5.18. The molecule has 1 heterocycles. The molecule has 3 aromatic carbocycles. The van der Waals surface area contributed by atoms with Crippen molar-refractivity contribution in [3.8, 4) is 11.1 Å². The van der Waals surface area contributed by atoms with Gasteiger partial charge in [-0.3, -0.25) is 0 Å². The van der Waals surface area contributed by atoms with Gasteiger partial charge in [-0.05, 0) is 41.0 Å². The molecule has 4 aromatic rings. The molecule has 0 radical (unpaired) electrons. The van der Waals surface area contributed by atoms with Crippen molar-refractivity contribution in [1.29, 1.82) is 0 Å². The molecule has 0 N–H and O–H groups in total. The maximum Gasteiger partial charge on any atom is 0.142 e. The minimum Gasteiger partial charge on any atom is -0.391 e. The number of hydrogen-bond acceptors (Lipinski definition) is 4. The van der Waals surface area contributed by atoms with Crippen molar-refractivity contribution in [2.24, 2.45) is 5.16 Å². The molecule has 0 fully saturated rings. The highest BCUT2D eigenvalue weighted by Gasteiger charge is 2.08. The van der Waals surface area contributed by atoms with Crippen molar-refractivity contribution in [2.45, 2.75) is 13.2 Å². The van der Waals surface area contributed by atoms with Crippen molar-refractivity contribution in [3.63, 3.8) is 0 Å². The first kappa shape index (κ1) is 20.0. The highest BCUT2D eigenvalue weighted by atomic mass is 79.9. The summed E-state index contributed by atoms with van der Waals surface area (Å²) in [7, 11) is 0. The maximum atomic E-state index is 13.1. The molecule has 150 valence electrons. The average Bonchev–Trinajstić information content (AvgIpc) is 3.28. The van der Waals surface area contributed by atoms with Crippen LogP contribution in [0.4, 0.5) is 4.39 Å². The topological polar surface area (TPSA) is 52.3 Å². The first-order valence-corrected chi connectivity index (χ1v) is 10.1. The van der Waals surface area contributed by atoms with E-state index in [1.165, 1.54) is 18.5 Å². The number of oxime groups is 1. The molecule has 0 aliphatic rings. The van der Waals surface area contributed by atoms with Gasteiger partial charge in [0, 0.05) is 10.0 Å². The zero-order valence-electron chi connectivity index (χ0n) is 16.0. The zero-order chi connectivity index (χ0) is 20.8. The van der Waals surface area contributed by atoms with Crippen LogP contribution < -0.4 is 0 Å². The van der Waals surface area contributed by atoms with E-state index in [4.69, 9.17) is 4.84 Å². The Morgan fingerprint density at radius 2 is 1.60 bits per heavy atom. The molecular formula is C23H18BrFN4O. The first-order chi connectivity index (χ1) is 14.7. The third-order valence-corrected chi connectivity index (χ3v) is 5.02. The van der Waals surface area contributed by atoms with Crippen LogP contribution in [0.1, 0.15) is 11.1 Å². The molecule has 7 heteroatoms. The molecule has 0 aliphatic heterocycles. The van der Waals surface area contributed by atoms with E-state index in [0.29, 0.717) is 12.3 Å². The molecule has 0 saturated carbocycles. The standard InChI is InChI=1S/C23H18BrFN4O/c24-21-9-7-19(8-10-21)18-3-5-20(6-4-18)23(13-29-16-26-15-27-29)28-30-14-17-1-11-22(25)12-2-17/h1-12,15-16H,13-14H2/b28-23-. The van der Waals surface area contributed by atoms with Gasteiger partial charge in [-0.15, -0.1) is 0 Å². The summed E-state index contributed by atoms with van der Waals surface area (Å²) in [5.41, 5.74) is 4.71. The van der Waals surface area contributed by atoms with Gasteiger partial charge in [-0.2, -0.15) is 5.10 Å². The number of halogens is 2. The lowest BCUT2D eigenvalue weighted by atomic mass is 10.0. The highest BCUT2D eigenvalue weighted by Crippen LogP contribution is 2.22. The summed E-state index contributed by atoms with van der Waals surface area (Å²) in [6, 6.07) is 22.4. The summed E-state index contributed by atoms with van der Waals surface area (Å²) in [5.74, 6) is -0.278. The van der Waals surface area contributed by atoms with Crippen LogP contribution in [0.5, 0.6) is 0 Å². The van der Waals surface area contributed by atoms with E-state index < -0.39 is 0 Å². The summed E-state index contributed by atoms with van der Waals surface area (Å²) >= 11 is 3.46. The van der Waals surface area contributed by atoms with Gasteiger partial charge in [0.1, 0.15) is 30.8 Å². The largest absolute Gasteiger partial charge is 0.391 e. The normalized spacial score (nSPS) is 11.5. The Kier molecular flexibility index (Phi) is 6.29. The Hall–Kier alpha value is -3.32. The fraction of sp³-hybridized carbons (Fsp3) is 0.0870. The smallest absolute Gasteiger partial charge is 0.142 e. The fourth-order valence-corrected chi connectivity index (χ4v) is 3.17. The summed E-state index contributed by atoms with van der Waals surface area (Å²) in [6.07, 6.45) is 3.11. The monoisotopic (exact) mass is 464 g/mol. The Balaban J connectivity index is 1.53. The van der Waals surface area contributed by atoms with Gasteiger partial charge in [-0.25, -0.2) is 14.1 Å². The van der Waals surface area contributed by atoms with Gasteiger partial charge in [-0.1, -0.05) is 69.6 Å². The summed E-state index contributed by atoms with van der Waals surface area (Å²) in [5, 5.41) is 8.48. The van der Waals surface area contributed by atoms with Crippen molar-refractivity contribution in [2.75, 3.05) is 0 Å². The van der Waals surface area contributed by atoms with E-state index >= 15 is 0 Å². The molecule has 1 aromatic heterocycles. The molecule has 4 rings (SSSR count). The summed E-state index contributed by atoms with van der Waals surface area (Å²) in [6.45, 7) is 0.666. The minimum absolute atomic E-state index is 0.248. The molecule has 0 unspecified atom stereocenters. The van der Waals surface area contributed by atoms with Gasteiger partial charge in [0.2, 0.25) is 0 Å². The quantitative estimate of drug-likeness (QED) is 0.269.